The zero-order chi connectivity index (χ0) is 25.4. The Morgan fingerprint density at radius 3 is 2.57 bits per heavy atom. The minimum absolute atomic E-state index is 0.0298. The van der Waals surface area contributed by atoms with E-state index in [1.54, 1.807) is 17.0 Å². The van der Waals surface area contributed by atoms with Crippen molar-refractivity contribution < 1.29 is 23.9 Å². The molecule has 2 aromatic carbocycles. The molecule has 0 saturated carbocycles. The highest BCUT2D eigenvalue weighted by Crippen LogP contribution is 2.34. The molecule has 4 amide bonds. The lowest BCUT2D eigenvalue weighted by molar-refractivity contribution is -0.141. The van der Waals surface area contributed by atoms with Crippen LogP contribution in [0.4, 0.5) is 10.5 Å². The van der Waals surface area contributed by atoms with Crippen LogP contribution in [0.25, 0.3) is 0 Å². The number of carbonyl (C=O) groups excluding carboxylic acids is 3. The molecule has 10 heteroatoms. The number of para-hydroxylation sites is 1. The molecule has 0 radical (unpaired) electrons. The van der Waals surface area contributed by atoms with Crippen molar-refractivity contribution in [3.05, 3.63) is 54.1 Å². The molecule has 4 heterocycles. The topological polar surface area (TPSA) is 94.7 Å². The second-order valence-corrected chi connectivity index (χ2v) is 9.87. The highest BCUT2D eigenvalue weighted by Gasteiger charge is 2.48. The van der Waals surface area contributed by atoms with E-state index in [1.807, 2.05) is 29.2 Å². The Labute approximate surface area is 215 Å². The van der Waals surface area contributed by atoms with Crippen molar-refractivity contribution in [3.8, 4) is 11.5 Å². The van der Waals surface area contributed by atoms with Crippen molar-refractivity contribution in [2.45, 2.75) is 31.5 Å². The third-order valence-electron chi connectivity index (χ3n) is 7.67. The van der Waals surface area contributed by atoms with Crippen LogP contribution in [0.15, 0.2) is 48.5 Å². The van der Waals surface area contributed by atoms with Crippen molar-refractivity contribution in [2.75, 3.05) is 51.0 Å². The number of piperazine rings is 1. The van der Waals surface area contributed by atoms with Crippen LogP contribution < -0.4 is 19.7 Å². The van der Waals surface area contributed by atoms with E-state index in [4.69, 9.17) is 9.47 Å². The molecular formula is C27H31N5O5. The van der Waals surface area contributed by atoms with Crippen molar-refractivity contribution in [1.29, 1.82) is 0 Å². The Hall–Kier alpha value is -3.79. The molecule has 10 nitrogen and oxygen atoms in total. The summed E-state index contributed by atoms with van der Waals surface area (Å²) in [5, 5.41) is 3.29. The summed E-state index contributed by atoms with van der Waals surface area (Å²) < 4.78 is 10.8. The monoisotopic (exact) mass is 505 g/mol. The first-order chi connectivity index (χ1) is 18.1. The summed E-state index contributed by atoms with van der Waals surface area (Å²) in [6.07, 6.45) is 1.55. The summed E-state index contributed by atoms with van der Waals surface area (Å²) in [7, 11) is 0. The predicted molar refractivity (Wildman–Crippen MR) is 135 cm³/mol. The van der Waals surface area contributed by atoms with E-state index < -0.39 is 12.1 Å². The summed E-state index contributed by atoms with van der Waals surface area (Å²) >= 11 is 0. The van der Waals surface area contributed by atoms with Gasteiger partial charge in [0.05, 0.1) is 12.6 Å². The van der Waals surface area contributed by atoms with Crippen LogP contribution in [0.1, 0.15) is 18.4 Å². The molecule has 2 atom stereocenters. The fourth-order valence-corrected chi connectivity index (χ4v) is 5.67. The van der Waals surface area contributed by atoms with Gasteiger partial charge in [0.1, 0.15) is 12.6 Å². The fourth-order valence-electron chi connectivity index (χ4n) is 5.67. The molecule has 0 aliphatic carbocycles. The van der Waals surface area contributed by atoms with Gasteiger partial charge in [-0.25, -0.2) is 4.79 Å². The first-order valence-electron chi connectivity index (χ1n) is 12.9. The van der Waals surface area contributed by atoms with Crippen LogP contribution >= 0.6 is 0 Å². The number of piperidine rings is 1. The lowest BCUT2D eigenvalue weighted by Gasteiger charge is -2.47. The van der Waals surface area contributed by atoms with Gasteiger partial charge in [-0.15, -0.1) is 0 Å². The number of hydrogen-bond acceptors (Lipinski definition) is 7. The van der Waals surface area contributed by atoms with E-state index in [-0.39, 0.29) is 37.7 Å². The van der Waals surface area contributed by atoms with Gasteiger partial charge in [0.25, 0.3) is 0 Å². The number of nitrogens with zero attached hydrogens (tertiary/aromatic N) is 4. The van der Waals surface area contributed by atoms with Gasteiger partial charge in [-0.2, -0.15) is 0 Å². The third-order valence-corrected chi connectivity index (χ3v) is 7.67. The minimum Gasteiger partial charge on any atom is -0.454 e. The van der Waals surface area contributed by atoms with Crippen molar-refractivity contribution in [2.24, 2.45) is 0 Å². The third kappa shape index (κ3) is 4.57. The standard InChI is InChI=1S/C27H31N5O5/c33-24(30-13-11-29(12-14-30)20-5-2-1-3-6-20)17-31-21-7-4-10-28-25(21)26(34)32(27(31)35)16-19-8-9-22-23(15-19)37-18-36-22/h1-3,5-6,8-9,15,21,25,28H,4,7,10-14,16-18H2. The Kier molecular flexibility index (Phi) is 6.33. The smallest absolute Gasteiger partial charge is 0.327 e. The van der Waals surface area contributed by atoms with Gasteiger partial charge in [0.15, 0.2) is 11.5 Å². The Balaban J connectivity index is 1.16. The van der Waals surface area contributed by atoms with Crippen LogP contribution in [-0.2, 0) is 16.1 Å². The predicted octanol–water partition coefficient (Wildman–Crippen LogP) is 1.65. The highest BCUT2D eigenvalue weighted by atomic mass is 16.7. The first-order valence-corrected chi connectivity index (χ1v) is 12.9. The molecule has 3 fully saturated rings. The zero-order valence-corrected chi connectivity index (χ0v) is 20.7. The molecular weight excluding hydrogens is 474 g/mol. The van der Waals surface area contributed by atoms with Crippen LogP contribution in [0.3, 0.4) is 0 Å². The summed E-state index contributed by atoms with van der Waals surface area (Å²) in [4.78, 5) is 47.4. The van der Waals surface area contributed by atoms with Gasteiger partial charge in [-0.1, -0.05) is 24.3 Å². The molecule has 37 heavy (non-hydrogen) atoms. The number of anilines is 1. The van der Waals surface area contributed by atoms with Crippen molar-refractivity contribution in [3.63, 3.8) is 0 Å². The van der Waals surface area contributed by atoms with Gasteiger partial charge < -0.3 is 29.5 Å². The summed E-state index contributed by atoms with van der Waals surface area (Å²) in [6, 6.07) is 14.3. The lowest BCUT2D eigenvalue weighted by Crippen LogP contribution is -2.70. The Morgan fingerprint density at radius 1 is 0.973 bits per heavy atom. The van der Waals surface area contributed by atoms with Crippen LogP contribution in [0, 0.1) is 0 Å². The zero-order valence-electron chi connectivity index (χ0n) is 20.7. The van der Waals surface area contributed by atoms with E-state index in [1.165, 1.54) is 4.90 Å². The molecule has 3 saturated heterocycles. The minimum atomic E-state index is -0.511. The maximum absolute atomic E-state index is 13.7. The molecule has 0 bridgehead atoms. The number of hydrogen-bond donors (Lipinski definition) is 1. The van der Waals surface area contributed by atoms with Crippen molar-refractivity contribution in [1.82, 2.24) is 20.0 Å². The second kappa shape index (κ2) is 9.93. The lowest BCUT2D eigenvalue weighted by atomic mass is 9.93. The van der Waals surface area contributed by atoms with E-state index in [0.29, 0.717) is 37.6 Å². The van der Waals surface area contributed by atoms with Crippen LogP contribution in [0.2, 0.25) is 0 Å². The Morgan fingerprint density at radius 2 is 1.76 bits per heavy atom. The maximum Gasteiger partial charge on any atom is 0.327 e. The van der Waals surface area contributed by atoms with E-state index in [9.17, 15) is 14.4 Å². The molecule has 2 unspecified atom stereocenters. The molecule has 0 aromatic heterocycles. The first kappa shape index (κ1) is 23.6. The van der Waals surface area contributed by atoms with E-state index in [2.05, 4.69) is 22.3 Å². The number of carbonyl (C=O) groups is 3. The van der Waals surface area contributed by atoms with Gasteiger partial charge in [-0.3, -0.25) is 14.5 Å². The Bertz CT molecular complexity index is 1180. The fraction of sp³-hybridized carbons (Fsp3) is 0.444. The number of amides is 4. The number of urea groups is 1. The normalized spacial score (nSPS) is 23.4. The van der Waals surface area contributed by atoms with Gasteiger partial charge in [0.2, 0.25) is 18.6 Å². The van der Waals surface area contributed by atoms with Crippen LogP contribution in [0.5, 0.6) is 11.5 Å². The highest BCUT2D eigenvalue weighted by molar-refractivity contribution is 6.01. The number of ether oxygens (including phenoxy) is 2. The second-order valence-electron chi connectivity index (χ2n) is 9.87. The largest absolute Gasteiger partial charge is 0.454 e. The number of benzene rings is 2. The van der Waals surface area contributed by atoms with E-state index >= 15 is 0 Å². The number of nitrogens with one attached hydrogen (secondary N) is 1. The molecule has 1 N–H and O–H groups in total. The summed E-state index contributed by atoms with van der Waals surface area (Å²) in [5.41, 5.74) is 1.91. The SMILES string of the molecule is O=C(CN1C(=O)N(Cc2ccc3c(c2)OCO3)C(=O)C2NCCCC21)N1CCN(c2ccccc2)CC1. The van der Waals surface area contributed by atoms with Crippen molar-refractivity contribution >= 4 is 23.5 Å². The number of fused-ring (bicyclic) bond motifs is 2. The molecule has 2 aromatic rings. The average molecular weight is 506 g/mol. The van der Waals surface area contributed by atoms with Crippen LogP contribution in [-0.4, -0.2) is 90.7 Å². The maximum atomic E-state index is 13.7. The van der Waals surface area contributed by atoms with Gasteiger partial charge in [0, 0.05) is 31.9 Å². The average Bonchev–Trinajstić information content (AvgIpc) is 3.42. The quantitative estimate of drug-likeness (QED) is 0.660. The van der Waals surface area contributed by atoms with E-state index in [0.717, 1.165) is 30.8 Å². The number of imide groups is 1. The molecule has 4 aliphatic rings. The summed E-state index contributed by atoms with van der Waals surface area (Å²) in [6.45, 7) is 3.63. The molecule has 194 valence electrons. The molecule has 4 aliphatic heterocycles. The number of rotatable bonds is 5. The van der Waals surface area contributed by atoms with Gasteiger partial charge in [-0.05, 0) is 49.2 Å². The van der Waals surface area contributed by atoms with Gasteiger partial charge >= 0.3 is 6.03 Å². The summed E-state index contributed by atoms with van der Waals surface area (Å²) in [5.74, 6) is 0.925. The molecule has 6 rings (SSSR count). The molecule has 0 spiro atoms.